The molecule has 1 fully saturated rings. The van der Waals surface area contributed by atoms with Gasteiger partial charge in [0, 0.05) is 23.0 Å². The van der Waals surface area contributed by atoms with Crippen molar-refractivity contribution in [1.82, 2.24) is 5.32 Å². The Balaban J connectivity index is 2.01. The number of anilines is 1. The first-order chi connectivity index (χ1) is 9.60. The highest BCUT2D eigenvalue weighted by Crippen LogP contribution is 2.39. The number of hydrogen-bond acceptors (Lipinski definition) is 4. The van der Waals surface area contributed by atoms with Crippen LogP contribution < -0.4 is 15.8 Å². The van der Waals surface area contributed by atoms with E-state index >= 15 is 0 Å². The van der Waals surface area contributed by atoms with Gasteiger partial charge < -0.3 is 15.8 Å². The fraction of sp³-hybridized carbons (Fsp3) is 0.533. The molecule has 0 saturated heterocycles. The second-order valence-corrected chi connectivity index (χ2v) is 6.50. The number of rotatable bonds is 5. The summed E-state index contributed by atoms with van der Waals surface area (Å²) in [6.07, 6.45) is 6.97. The van der Waals surface area contributed by atoms with Crippen molar-refractivity contribution in [1.29, 1.82) is 0 Å². The van der Waals surface area contributed by atoms with E-state index in [4.69, 9.17) is 10.5 Å². The minimum absolute atomic E-state index is 0.106. The molecule has 1 aromatic carbocycles. The Morgan fingerprint density at radius 3 is 2.70 bits per heavy atom. The van der Waals surface area contributed by atoms with E-state index in [-0.39, 0.29) is 10.7 Å². The van der Waals surface area contributed by atoms with Gasteiger partial charge in [-0.15, -0.1) is 0 Å². The van der Waals surface area contributed by atoms with Crippen LogP contribution in [0.5, 0.6) is 5.75 Å². The fourth-order valence-corrected chi connectivity index (χ4v) is 3.60. The van der Waals surface area contributed by atoms with Crippen LogP contribution in [-0.4, -0.2) is 30.6 Å². The molecule has 1 saturated carbocycles. The molecule has 0 bridgehead atoms. The number of thioether (sulfide) groups is 1. The standard InChI is InChI=1S/C15H22N2O2S/c1-19-11-5-6-12(13(16)9-11)14(18)17-10-15(20-2)7-3-4-8-15/h5-6,9H,3-4,7-8,10,16H2,1-2H3,(H,17,18). The van der Waals surface area contributed by atoms with Crippen LogP contribution in [0, 0.1) is 0 Å². The van der Waals surface area contributed by atoms with Gasteiger partial charge in [-0.1, -0.05) is 12.8 Å². The van der Waals surface area contributed by atoms with Gasteiger partial charge in [0.2, 0.25) is 0 Å². The maximum absolute atomic E-state index is 12.2. The van der Waals surface area contributed by atoms with Gasteiger partial charge in [-0.05, 0) is 31.2 Å². The van der Waals surface area contributed by atoms with Crippen LogP contribution in [0.3, 0.4) is 0 Å². The minimum Gasteiger partial charge on any atom is -0.497 e. The highest BCUT2D eigenvalue weighted by atomic mass is 32.2. The van der Waals surface area contributed by atoms with Gasteiger partial charge in [0.25, 0.3) is 5.91 Å². The first kappa shape index (κ1) is 15.0. The molecule has 0 radical (unpaired) electrons. The van der Waals surface area contributed by atoms with Gasteiger partial charge in [-0.2, -0.15) is 11.8 Å². The van der Waals surface area contributed by atoms with E-state index in [1.165, 1.54) is 25.7 Å². The lowest BCUT2D eigenvalue weighted by atomic mass is 10.1. The van der Waals surface area contributed by atoms with Crippen molar-refractivity contribution >= 4 is 23.4 Å². The molecule has 5 heteroatoms. The normalized spacial score (nSPS) is 16.9. The number of nitrogens with two attached hydrogens (primary N) is 1. The molecule has 1 amide bonds. The van der Waals surface area contributed by atoms with Gasteiger partial charge in [0.1, 0.15) is 5.75 Å². The van der Waals surface area contributed by atoms with Crippen LogP contribution in [0.1, 0.15) is 36.0 Å². The largest absolute Gasteiger partial charge is 0.497 e. The highest BCUT2D eigenvalue weighted by molar-refractivity contribution is 8.00. The number of amides is 1. The summed E-state index contributed by atoms with van der Waals surface area (Å²) in [6.45, 7) is 0.707. The first-order valence-corrected chi connectivity index (χ1v) is 8.09. The summed E-state index contributed by atoms with van der Waals surface area (Å²) in [5, 5.41) is 3.03. The van der Waals surface area contributed by atoms with Gasteiger partial charge in [0.15, 0.2) is 0 Å². The summed E-state index contributed by atoms with van der Waals surface area (Å²) in [7, 11) is 1.58. The average molecular weight is 294 g/mol. The van der Waals surface area contributed by atoms with Gasteiger partial charge in [-0.3, -0.25) is 4.79 Å². The number of methoxy groups -OCH3 is 1. The predicted octanol–water partition coefficient (Wildman–Crippen LogP) is 2.68. The molecule has 0 aromatic heterocycles. The Bertz CT molecular complexity index is 485. The molecule has 20 heavy (non-hydrogen) atoms. The lowest BCUT2D eigenvalue weighted by molar-refractivity contribution is 0.0950. The monoisotopic (exact) mass is 294 g/mol. The van der Waals surface area contributed by atoms with E-state index in [0.717, 1.165) is 0 Å². The molecule has 0 atom stereocenters. The summed E-state index contributed by atoms with van der Waals surface area (Å²) in [5.74, 6) is 0.556. The maximum atomic E-state index is 12.2. The van der Waals surface area contributed by atoms with Crippen LogP contribution in [0.15, 0.2) is 18.2 Å². The Kier molecular flexibility index (Phi) is 4.81. The van der Waals surface area contributed by atoms with Crippen LogP contribution in [0.2, 0.25) is 0 Å². The van der Waals surface area contributed by atoms with E-state index in [9.17, 15) is 4.79 Å². The van der Waals surface area contributed by atoms with Crippen molar-refractivity contribution in [3.63, 3.8) is 0 Å². The summed E-state index contributed by atoms with van der Waals surface area (Å²) >= 11 is 1.86. The number of carbonyl (C=O) groups is 1. The van der Waals surface area contributed by atoms with Crippen molar-refractivity contribution in [2.75, 3.05) is 25.6 Å². The first-order valence-electron chi connectivity index (χ1n) is 6.87. The molecule has 1 aromatic rings. The minimum atomic E-state index is -0.106. The lowest BCUT2D eigenvalue weighted by Gasteiger charge is -2.27. The third kappa shape index (κ3) is 3.20. The molecule has 0 spiro atoms. The van der Waals surface area contributed by atoms with Gasteiger partial charge >= 0.3 is 0 Å². The molecule has 110 valence electrons. The van der Waals surface area contributed by atoms with E-state index in [1.807, 2.05) is 11.8 Å². The van der Waals surface area contributed by atoms with Crippen molar-refractivity contribution in [3.8, 4) is 5.75 Å². The van der Waals surface area contributed by atoms with Crippen LogP contribution in [0.4, 0.5) is 5.69 Å². The maximum Gasteiger partial charge on any atom is 0.253 e. The lowest BCUT2D eigenvalue weighted by Crippen LogP contribution is -2.38. The fourth-order valence-electron chi connectivity index (χ4n) is 2.68. The Labute approximate surface area is 124 Å². The highest BCUT2D eigenvalue weighted by Gasteiger charge is 2.33. The third-order valence-corrected chi connectivity index (χ3v) is 5.44. The van der Waals surface area contributed by atoms with Crippen molar-refractivity contribution in [2.24, 2.45) is 0 Å². The zero-order chi connectivity index (χ0) is 14.6. The Hall–Kier alpha value is -1.36. The zero-order valence-electron chi connectivity index (χ0n) is 12.1. The molecular formula is C15H22N2O2S. The van der Waals surface area contributed by atoms with Crippen LogP contribution in [-0.2, 0) is 0 Å². The topological polar surface area (TPSA) is 64.3 Å². The number of hydrogen-bond donors (Lipinski definition) is 2. The van der Waals surface area contributed by atoms with Crippen molar-refractivity contribution < 1.29 is 9.53 Å². The Morgan fingerprint density at radius 1 is 1.45 bits per heavy atom. The molecule has 2 rings (SSSR count). The molecule has 0 aliphatic heterocycles. The SMILES string of the molecule is COc1ccc(C(=O)NCC2(SC)CCCC2)c(N)c1. The molecule has 1 aliphatic rings. The molecule has 1 aliphatic carbocycles. The van der Waals surface area contributed by atoms with E-state index in [2.05, 4.69) is 11.6 Å². The van der Waals surface area contributed by atoms with Gasteiger partial charge in [-0.25, -0.2) is 0 Å². The van der Waals surface area contributed by atoms with E-state index < -0.39 is 0 Å². The summed E-state index contributed by atoms with van der Waals surface area (Å²) in [6, 6.07) is 5.14. The second kappa shape index (κ2) is 6.39. The second-order valence-electron chi connectivity index (χ2n) is 5.23. The number of nitrogens with one attached hydrogen (secondary N) is 1. The zero-order valence-corrected chi connectivity index (χ0v) is 12.9. The van der Waals surface area contributed by atoms with Crippen LogP contribution in [0.25, 0.3) is 0 Å². The quantitative estimate of drug-likeness (QED) is 0.820. The predicted molar refractivity (Wildman–Crippen MR) is 84.5 cm³/mol. The molecule has 0 heterocycles. The smallest absolute Gasteiger partial charge is 0.253 e. The number of nitrogen functional groups attached to an aromatic ring is 1. The third-order valence-electron chi connectivity index (χ3n) is 4.02. The van der Waals surface area contributed by atoms with E-state index in [1.54, 1.807) is 25.3 Å². The molecule has 3 N–H and O–H groups in total. The summed E-state index contributed by atoms with van der Waals surface area (Å²) < 4.78 is 5.29. The molecular weight excluding hydrogens is 272 g/mol. The number of ether oxygens (including phenoxy) is 1. The van der Waals surface area contributed by atoms with Crippen molar-refractivity contribution in [3.05, 3.63) is 23.8 Å². The summed E-state index contributed by atoms with van der Waals surface area (Å²) in [4.78, 5) is 12.2. The van der Waals surface area contributed by atoms with Gasteiger partial charge in [0.05, 0.1) is 12.7 Å². The Morgan fingerprint density at radius 2 is 2.15 bits per heavy atom. The molecule has 4 nitrogen and oxygen atoms in total. The average Bonchev–Trinajstić information content (AvgIpc) is 2.94. The summed E-state index contributed by atoms with van der Waals surface area (Å²) in [5.41, 5.74) is 6.87. The van der Waals surface area contributed by atoms with Crippen LogP contribution >= 0.6 is 11.8 Å². The number of benzene rings is 1. The van der Waals surface area contributed by atoms with Crippen molar-refractivity contribution in [2.45, 2.75) is 30.4 Å². The molecule has 0 unspecified atom stereocenters. The number of carbonyl (C=O) groups excluding carboxylic acids is 1. The van der Waals surface area contributed by atoms with E-state index in [0.29, 0.717) is 23.5 Å².